The number of hydrogen-bond acceptors (Lipinski definition) is 3. The van der Waals surface area contributed by atoms with Gasteiger partial charge in [-0.05, 0) is 35.4 Å². The molecule has 3 aromatic rings. The second-order valence-electron chi connectivity index (χ2n) is 5.22. The maximum atomic E-state index is 12.3. The van der Waals surface area contributed by atoms with Crippen LogP contribution in [0.5, 0.6) is 5.75 Å². The van der Waals surface area contributed by atoms with Crippen LogP contribution < -0.4 is 5.43 Å². The molecule has 3 aromatic carbocycles. The summed E-state index contributed by atoms with van der Waals surface area (Å²) in [6, 6.07) is 20.4. The molecule has 26 heavy (non-hydrogen) atoms. The molecule has 136 valence electrons. The molecule has 0 atom stereocenters. The van der Waals surface area contributed by atoms with Gasteiger partial charge in [0.1, 0.15) is 5.75 Å². The quantitative estimate of drug-likeness (QED) is 0.493. The van der Waals surface area contributed by atoms with Gasteiger partial charge in [-0.2, -0.15) is 5.10 Å². The normalized spacial score (nSPS) is 10.3. The first-order valence-corrected chi connectivity index (χ1v) is 8.27. The van der Waals surface area contributed by atoms with Crippen molar-refractivity contribution in [3.63, 3.8) is 0 Å². The summed E-state index contributed by atoms with van der Waals surface area (Å²) in [5.74, 6) is -0.503. The third kappa shape index (κ3) is 4.93. The van der Waals surface area contributed by atoms with Crippen molar-refractivity contribution in [2.45, 2.75) is 28.2 Å². The van der Waals surface area contributed by atoms with Gasteiger partial charge in [-0.3, -0.25) is 4.79 Å². The molecular weight excluding hydrogens is 324 g/mol. The van der Waals surface area contributed by atoms with E-state index in [1.54, 1.807) is 12.1 Å². The van der Waals surface area contributed by atoms with Gasteiger partial charge in [0.2, 0.25) is 0 Å². The molecule has 2 N–H and O–H groups in total. The van der Waals surface area contributed by atoms with Crippen molar-refractivity contribution in [2.24, 2.45) is 5.10 Å². The zero-order valence-electron chi connectivity index (χ0n) is 14.7. The molecular formula is C22H26N2O2. The summed E-state index contributed by atoms with van der Waals surface area (Å²) < 4.78 is 0. The molecule has 4 nitrogen and oxygen atoms in total. The van der Waals surface area contributed by atoms with Crippen molar-refractivity contribution in [3.05, 3.63) is 77.9 Å². The first-order chi connectivity index (χ1) is 12.1. The van der Waals surface area contributed by atoms with Crippen LogP contribution in [-0.4, -0.2) is 16.7 Å². The first-order valence-electron chi connectivity index (χ1n) is 8.27. The summed E-state index contributed by atoms with van der Waals surface area (Å²) in [5.41, 5.74) is 4.31. The fourth-order valence-electron chi connectivity index (χ4n) is 2.35. The number of nitrogens with one attached hydrogen (secondary N) is 1. The second kappa shape index (κ2) is 9.99. The van der Waals surface area contributed by atoms with Crippen LogP contribution in [0, 0.1) is 0 Å². The molecule has 0 aliphatic rings. The summed E-state index contributed by atoms with van der Waals surface area (Å²) in [6.45, 7) is 5.82. The Morgan fingerprint density at radius 1 is 0.923 bits per heavy atom. The average molecular weight is 350 g/mol. The largest absolute Gasteiger partial charge is 0.507 e. The predicted octanol–water partition coefficient (Wildman–Crippen LogP) is 5.36. The van der Waals surface area contributed by atoms with E-state index in [2.05, 4.69) is 10.5 Å². The van der Waals surface area contributed by atoms with Crippen LogP contribution in [0.4, 0.5) is 0 Å². The molecule has 0 spiro atoms. The van der Waals surface area contributed by atoms with E-state index in [1.165, 1.54) is 0 Å². The Bertz CT molecular complexity index is 887. The molecule has 0 saturated heterocycles. The molecule has 0 unspecified atom stereocenters. The van der Waals surface area contributed by atoms with Crippen molar-refractivity contribution in [1.29, 1.82) is 0 Å². The van der Waals surface area contributed by atoms with Crippen molar-refractivity contribution in [2.75, 3.05) is 0 Å². The molecule has 4 heteroatoms. The van der Waals surface area contributed by atoms with Crippen molar-refractivity contribution in [3.8, 4) is 5.75 Å². The highest BCUT2D eigenvalue weighted by molar-refractivity contribution is 6.03. The van der Waals surface area contributed by atoms with Gasteiger partial charge in [0.25, 0.3) is 5.91 Å². The number of nitrogens with zero attached hydrogens (tertiary/aromatic N) is 1. The van der Waals surface area contributed by atoms with E-state index < -0.39 is 5.91 Å². The highest BCUT2D eigenvalue weighted by Gasteiger charge is 2.12. The monoisotopic (exact) mass is 350 g/mol. The number of benzene rings is 3. The fourth-order valence-corrected chi connectivity index (χ4v) is 2.35. The van der Waals surface area contributed by atoms with Crippen LogP contribution in [-0.2, 0) is 0 Å². The van der Waals surface area contributed by atoms with Crippen LogP contribution in [0.15, 0.2) is 71.8 Å². The van der Waals surface area contributed by atoms with E-state index in [0.717, 1.165) is 16.3 Å². The highest BCUT2D eigenvalue weighted by Crippen LogP contribution is 2.24. The maximum absolute atomic E-state index is 12.3. The Morgan fingerprint density at radius 2 is 1.46 bits per heavy atom. The third-order valence-corrected chi connectivity index (χ3v) is 3.63. The summed E-state index contributed by atoms with van der Waals surface area (Å²) in [4.78, 5) is 12.3. The predicted molar refractivity (Wildman–Crippen MR) is 110 cm³/mol. The van der Waals surface area contributed by atoms with Crippen LogP contribution in [0.1, 0.15) is 44.1 Å². The fraction of sp³-hybridized carbons (Fsp3) is 0.182. The van der Waals surface area contributed by atoms with Crippen LogP contribution in [0.2, 0.25) is 0 Å². The lowest BCUT2D eigenvalue weighted by Gasteiger charge is -2.07. The molecule has 0 heterocycles. The Labute approximate surface area is 155 Å². The number of phenolic OH excluding ortho intramolecular Hbond substituents is 1. The molecule has 0 aromatic heterocycles. The van der Waals surface area contributed by atoms with E-state index in [0.29, 0.717) is 5.71 Å². The van der Waals surface area contributed by atoms with Crippen molar-refractivity contribution < 1.29 is 9.90 Å². The first kappa shape index (κ1) is 20.9. The van der Waals surface area contributed by atoms with E-state index in [1.807, 2.05) is 75.4 Å². The third-order valence-electron chi connectivity index (χ3n) is 3.63. The van der Waals surface area contributed by atoms with E-state index in [-0.39, 0.29) is 18.7 Å². The van der Waals surface area contributed by atoms with Gasteiger partial charge >= 0.3 is 0 Å². The SMILES string of the molecule is C.C/C(=N/NC(=O)c1cc2ccccc2cc1O)c1ccccc1.CC. The lowest BCUT2D eigenvalue weighted by atomic mass is 10.1. The van der Waals surface area contributed by atoms with Gasteiger partial charge in [0.15, 0.2) is 0 Å². The van der Waals surface area contributed by atoms with Gasteiger partial charge in [-0.15, -0.1) is 0 Å². The van der Waals surface area contributed by atoms with Crippen molar-refractivity contribution in [1.82, 2.24) is 5.43 Å². The van der Waals surface area contributed by atoms with E-state index >= 15 is 0 Å². The molecule has 1 amide bonds. The second-order valence-corrected chi connectivity index (χ2v) is 5.22. The summed E-state index contributed by atoms with van der Waals surface area (Å²) in [7, 11) is 0. The van der Waals surface area contributed by atoms with Gasteiger partial charge < -0.3 is 5.11 Å². The minimum Gasteiger partial charge on any atom is -0.507 e. The Balaban J connectivity index is 0.00000109. The van der Waals surface area contributed by atoms with E-state index in [9.17, 15) is 9.90 Å². The number of fused-ring (bicyclic) bond motifs is 1. The minimum atomic E-state index is -0.441. The molecule has 0 radical (unpaired) electrons. The number of aromatic hydroxyl groups is 1. The zero-order valence-corrected chi connectivity index (χ0v) is 14.7. The minimum absolute atomic E-state index is 0. The number of rotatable bonds is 3. The lowest BCUT2D eigenvalue weighted by Crippen LogP contribution is -2.19. The Morgan fingerprint density at radius 3 is 2.08 bits per heavy atom. The Kier molecular flexibility index (Phi) is 8.03. The lowest BCUT2D eigenvalue weighted by molar-refractivity contribution is 0.0952. The van der Waals surface area contributed by atoms with Gasteiger partial charge in [0.05, 0.1) is 11.3 Å². The maximum Gasteiger partial charge on any atom is 0.275 e. The van der Waals surface area contributed by atoms with Crippen LogP contribution in [0.3, 0.4) is 0 Å². The highest BCUT2D eigenvalue weighted by atomic mass is 16.3. The average Bonchev–Trinajstić information content (AvgIpc) is 2.67. The topological polar surface area (TPSA) is 61.7 Å². The number of amides is 1. The number of carbonyl (C=O) groups excluding carboxylic acids is 1. The smallest absolute Gasteiger partial charge is 0.275 e. The van der Waals surface area contributed by atoms with Crippen LogP contribution in [0.25, 0.3) is 10.8 Å². The number of hydrogen-bond donors (Lipinski definition) is 2. The summed E-state index contributed by atoms with van der Waals surface area (Å²) in [6.07, 6.45) is 0. The van der Waals surface area contributed by atoms with Gasteiger partial charge in [-0.25, -0.2) is 5.43 Å². The van der Waals surface area contributed by atoms with Crippen molar-refractivity contribution >= 4 is 22.4 Å². The number of carbonyl (C=O) groups is 1. The van der Waals surface area contributed by atoms with Gasteiger partial charge in [0, 0.05) is 0 Å². The van der Waals surface area contributed by atoms with Gasteiger partial charge in [-0.1, -0.05) is 75.9 Å². The number of hydrazone groups is 1. The molecule has 0 aliphatic heterocycles. The standard InChI is InChI=1S/C19H16N2O2.C2H6.CH4/c1-13(14-7-3-2-4-8-14)20-21-19(23)17-11-15-9-5-6-10-16(15)12-18(17)22;1-2;/h2-12,22H,1H3,(H,21,23);1-2H3;1H4/b20-13-;;. The van der Waals surface area contributed by atoms with Crippen LogP contribution >= 0.6 is 0 Å². The molecule has 3 rings (SSSR count). The van der Waals surface area contributed by atoms with E-state index in [4.69, 9.17) is 0 Å². The molecule has 0 aliphatic carbocycles. The molecule has 0 saturated carbocycles. The Hall–Kier alpha value is -3.14. The number of phenols is 1. The molecule has 0 bridgehead atoms. The summed E-state index contributed by atoms with van der Waals surface area (Å²) in [5, 5.41) is 15.9. The molecule has 0 fully saturated rings. The summed E-state index contributed by atoms with van der Waals surface area (Å²) >= 11 is 0. The zero-order chi connectivity index (χ0) is 18.2.